The molecule has 0 amide bonds. The first-order chi connectivity index (χ1) is 10.2. The summed E-state index contributed by atoms with van der Waals surface area (Å²) in [5.41, 5.74) is 2.75. The van der Waals surface area contributed by atoms with Gasteiger partial charge in [-0.3, -0.25) is 4.90 Å². The number of rotatable bonds is 8. The first-order valence-electron chi connectivity index (χ1n) is 7.37. The zero-order chi connectivity index (χ0) is 15.1. The van der Waals surface area contributed by atoms with Crippen LogP contribution in [0.25, 0.3) is 0 Å². The largest absolute Gasteiger partial charge is 0.313 e. The maximum Gasteiger partial charge on any atom is 0.0328 e. The summed E-state index contributed by atoms with van der Waals surface area (Å²) in [5.74, 6) is 0. The normalized spacial score (nSPS) is 11.2. The van der Waals surface area contributed by atoms with Crippen molar-refractivity contribution in [2.24, 2.45) is 0 Å². The maximum absolute atomic E-state index is 3.51. The van der Waals surface area contributed by atoms with Gasteiger partial charge >= 0.3 is 0 Å². The maximum atomic E-state index is 3.51. The van der Waals surface area contributed by atoms with Gasteiger partial charge in [0, 0.05) is 34.4 Å². The summed E-state index contributed by atoms with van der Waals surface area (Å²) in [4.78, 5) is 3.75. The fraction of sp³-hybridized carbons (Fsp3) is 0.412. The van der Waals surface area contributed by atoms with Crippen molar-refractivity contribution in [1.82, 2.24) is 10.2 Å². The topological polar surface area (TPSA) is 15.3 Å². The smallest absolute Gasteiger partial charge is 0.0328 e. The van der Waals surface area contributed by atoms with Crippen molar-refractivity contribution in [3.05, 3.63) is 56.2 Å². The summed E-state index contributed by atoms with van der Waals surface area (Å²) >= 11 is 5.32. The molecule has 0 bridgehead atoms. The Morgan fingerprint density at radius 3 is 2.71 bits per heavy atom. The van der Waals surface area contributed by atoms with E-state index >= 15 is 0 Å². The quantitative estimate of drug-likeness (QED) is 0.684. The molecule has 2 aromatic rings. The van der Waals surface area contributed by atoms with Gasteiger partial charge in [-0.25, -0.2) is 0 Å². The lowest BCUT2D eigenvalue weighted by molar-refractivity contribution is 0.322. The van der Waals surface area contributed by atoms with Crippen LogP contribution in [0.3, 0.4) is 0 Å². The van der Waals surface area contributed by atoms with Crippen molar-refractivity contribution in [3.63, 3.8) is 0 Å². The number of hydrogen-bond acceptors (Lipinski definition) is 3. The lowest BCUT2D eigenvalue weighted by Gasteiger charge is -2.16. The second-order valence-corrected chi connectivity index (χ2v) is 7.31. The molecule has 1 aromatic heterocycles. The molecule has 0 unspecified atom stereocenters. The Kier molecular flexibility index (Phi) is 6.90. The van der Waals surface area contributed by atoms with Gasteiger partial charge in [0.25, 0.3) is 0 Å². The van der Waals surface area contributed by atoms with Crippen molar-refractivity contribution in [2.75, 3.05) is 13.6 Å². The third kappa shape index (κ3) is 5.91. The standard InChI is InChI=1S/C17H23BrN2S/c1-3-7-19-10-14-5-4-6-15(8-14)11-20(2)12-17-9-16(18)13-21-17/h4-6,8-9,13,19H,3,7,10-12H2,1-2H3. The van der Waals surface area contributed by atoms with Gasteiger partial charge in [-0.05, 0) is 53.1 Å². The van der Waals surface area contributed by atoms with E-state index in [2.05, 4.69) is 75.8 Å². The van der Waals surface area contributed by atoms with Crippen LogP contribution in [0.4, 0.5) is 0 Å². The van der Waals surface area contributed by atoms with Crippen LogP contribution in [0.1, 0.15) is 29.3 Å². The Hall–Kier alpha value is -0.680. The highest BCUT2D eigenvalue weighted by Crippen LogP contribution is 2.21. The Labute approximate surface area is 140 Å². The molecular formula is C17H23BrN2S. The van der Waals surface area contributed by atoms with Gasteiger partial charge in [0.1, 0.15) is 0 Å². The second-order valence-electron chi connectivity index (χ2n) is 5.40. The van der Waals surface area contributed by atoms with Crippen molar-refractivity contribution in [1.29, 1.82) is 0 Å². The van der Waals surface area contributed by atoms with E-state index in [9.17, 15) is 0 Å². The SMILES string of the molecule is CCCNCc1cccc(CN(C)Cc2cc(Br)cs2)c1. The average Bonchev–Trinajstić information content (AvgIpc) is 2.84. The molecule has 0 atom stereocenters. The van der Waals surface area contributed by atoms with Crippen LogP contribution in [0.2, 0.25) is 0 Å². The van der Waals surface area contributed by atoms with Gasteiger partial charge < -0.3 is 5.32 Å². The predicted octanol–water partition coefficient (Wildman–Crippen LogP) is 4.64. The van der Waals surface area contributed by atoms with Crippen LogP contribution in [0, 0.1) is 0 Å². The van der Waals surface area contributed by atoms with Crippen LogP contribution >= 0.6 is 27.3 Å². The fourth-order valence-electron chi connectivity index (χ4n) is 2.32. The first kappa shape index (κ1) is 16.7. The summed E-state index contributed by atoms with van der Waals surface area (Å²) in [5, 5.41) is 5.60. The van der Waals surface area contributed by atoms with Crippen LogP contribution in [0.15, 0.2) is 40.2 Å². The van der Waals surface area contributed by atoms with E-state index in [1.807, 2.05) is 0 Å². The van der Waals surface area contributed by atoms with E-state index in [1.165, 1.54) is 26.9 Å². The lowest BCUT2D eigenvalue weighted by Crippen LogP contribution is -2.17. The molecule has 2 nitrogen and oxygen atoms in total. The van der Waals surface area contributed by atoms with Crippen molar-refractivity contribution < 1.29 is 0 Å². The fourth-order valence-corrected chi connectivity index (χ4v) is 3.85. The summed E-state index contributed by atoms with van der Waals surface area (Å²) in [6.07, 6.45) is 1.18. The third-order valence-electron chi connectivity index (χ3n) is 3.25. The molecule has 0 saturated heterocycles. The van der Waals surface area contributed by atoms with E-state index in [1.54, 1.807) is 11.3 Å². The van der Waals surface area contributed by atoms with Crippen LogP contribution in [-0.4, -0.2) is 18.5 Å². The van der Waals surface area contributed by atoms with Crippen LogP contribution in [-0.2, 0) is 19.6 Å². The third-order valence-corrected chi connectivity index (χ3v) is 4.93. The molecule has 0 aliphatic carbocycles. The van der Waals surface area contributed by atoms with Crippen molar-refractivity contribution in [2.45, 2.75) is 33.0 Å². The Bertz CT molecular complexity index is 553. The molecule has 0 aliphatic rings. The summed E-state index contributed by atoms with van der Waals surface area (Å²) in [6.45, 7) is 6.22. The van der Waals surface area contributed by atoms with E-state index in [-0.39, 0.29) is 0 Å². The Morgan fingerprint density at radius 2 is 2.00 bits per heavy atom. The van der Waals surface area contributed by atoms with Gasteiger partial charge in [-0.15, -0.1) is 11.3 Å². The summed E-state index contributed by atoms with van der Waals surface area (Å²) in [6, 6.07) is 11.1. The average molecular weight is 367 g/mol. The van der Waals surface area contributed by atoms with Gasteiger partial charge in [-0.2, -0.15) is 0 Å². The molecule has 0 saturated carbocycles. The molecular weight excluding hydrogens is 344 g/mol. The minimum absolute atomic E-state index is 0.962. The second kappa shape index (κ2) is 8.69. The molecule has 0 radical (unpaired) electrons. The minimum Gasteiger partial charge on any atom is -0.313 e. The van der Waals surface area contributed by atoms with E-state index in [0.29, 0.717) is 0 Å². The number of benzene rings is 1. The highest BCUT2D eigenvalue weighted by Gasteiger charge is 2.05. The zero-order valence-corrected chi connectivity index (χ0v) is 15.1. The molecule has 2 rings (SSSR count). The highest BCUT2D eigenvalue weighted by molar-refractivity contribution is 9.10. The molecule has 21 heavy (non-hydrogen) atoms. The van der Waals surface area contributed by atoms with Crippen molar-refractivity contribution in [3.8, 4) is 0 Å². The number of nitrogens with zero attached hydrogens (tertiary/aromatic N) is 1. The summed E-state index contributed by atoms with van der Waals surface area (Å²) < 4.78 is 1.18. The lowest BCUT2D eigenvalue weighted by atomic mass is 10.1. The molecule has 1 N–H and O–H groups in total. The number of nitrogens with one attached hydrogen (secondary N) is 1. The first-order valence-corrected chi connectivity index (χ1v) is 9.04. The zero-order valence-electron chi connectivity index (χ0n) is 12.7. The molecule has 4 heteroatoms. The molecule has 0 aliphatic heterocycles. The van der Waals surface area contributed by atoms with Crippen molar-refractivity contribution >= 4 is 27.3 Å². The van der Waals surface area contributed by atoms with Gasteiger partial charge in [0.05, 0.1) is 0 Å². The molecule has 114 valence electrons. The monoisotopic (exact) mass is 366 g/mol. The molecule has 0 fully saturated rings. The minimum atomic E-state index is 0.962. The van der Waals surface area contributed by atoms with Gasteiger partial charge in [-0.1, -0.05) is 31.2 Å². The Balaban J connectivity index is 1.88. The van der Waals surface area contributed by atoms with Crippen LogP contribution < -0.4 is 5.32 Å². The van der Waals surface area contributed by atoms with E-state index in [0.717, 1.165) is 26.2 Å². The van der Waals surface area contributed by atoms with E-state index < -0.39 is 0 Å². The molecule has 1 aromatic carbocycles. The molecule has 0 spiro atoms. The van der Waals surface area contributed by atoms with Gasteiger partial charge in [0.15, 0.2) is 0 Å². The van der Waals surface area contributed by atoms with E-state index in [4.69, 9.17) is 0 Å². The van der Waals surface area contributed by atoms with Gasteiger partial charge in [0.2, 0.25) is 0 Å². The summed E-state index contributed by atoms with van der Waals surface area (Å²) in [7, 11) is 2.18. The number of hydrogen-bond donors (Lipinski definition) is 1. The Morgan fingerprint density at radius 1 is 1.19 bits per heavy atom. The number of thiophene rings is 1. The predicted molar refractivity (Wildman–Crippen MR) is 95.6 cm³/mol. The molecule has 1 heterocycles. The number of halogens is 1. The highest BCUT2D eigenvalue weighted by atomic mass is 79.9. The van der Waals surface area contributed by atoms with Crippen LogP contribution in [0.5, 0.6) is 0 Å².